The van der Waals surface area contributed by atoms with Crippen LogP contribution >= 0.6 is 46.2 Å². The van der Waals surface area contributed by atoms with Gasteiger partial charge in [0.1, 0.15) is 34.4 Å². The Morgan fingerprint density at radius 2 is 2.17 bits per heavy atom. The highest BCUT2D eigenvalue weighted by atomic mass is 32.2. The third-order valence-electron chi connectivity index (χ3n) is 4.87. The summed E-state index contributed by atoms with van der Waals surface area (Å²) in [5, 5.41) is 26.1. The number of β-lactam (4-membered cyclic amide) rings is 1. The number of oxime groups is 1. The first-order chi connectivity index (χ1) is 17.3. The lowest BCUT2D eigenvalue weighted by Crippen LogP contribution is -2.71. The molecule has 1 fully saturated rings. The first kappa shape index (κ1) is 26.3. The summed E-state index contributed by atoms with van der Waals surface area (Å²) in [7, 11) is 0. The summed E-state index contributed by atoms with van der Waals surface area (Å²) < 4.78 is 0.659. The minimum Gasteiger partial charge on any atom is -0.477 e. The molecule has 2 amide bonds. The van der Waals surface area contributed by atoms with Crippen molar-refractivity contribution in [2.45, 2.75) is 22.3 Å². The highest BCUT2D eigenvalue weighted by Crippen LogP contribution is 2.41. The van der Waals surface area contributed by atoms with Crippen molar-refractivity contribution >= 4 is 74.8 Å². The van der Waals surface area contributed by atoms with E-state index in [1.807, 2.05) is 0 Å². The molecule has 0 aromatic carbocycles. The van der Waals surface area contributed by atoms with Crippen LogP contribution in [0.3, 0.4) is 0 Å². The zero-order valence-corrected chi connectivity index (χ0v) is 21.7. The fourth-order valence-corrected chi connectivity index (χ4v) is 7.10. The first-order valence-electron chi connectivity index (χ1n) is 10.3. The summed E-state index contributed by atoms with van der Waals surface area (Å²) in [4.78, 5) is 48.3. The van der Waals surface area contributed by atoms with Crippen LogP contribution < -0.4 is 22.5 Å². The molecular weight excluding hydrogens is 551 g/mol. The number of hydrogen-bond donors (Lipinski definition) is 5. The van der Waals surface area contributed by atoms with E-state index in [2.05, 4.69) is 25.7 Å². The van der Waals surface area contributed by atoms with Crippen molar-refractivity contribution in [1.82, 2.24) is 25.4 Å². The van der Waals surface area contributed by atoms with Crippen LogP contribution in [0.2, 0.25) is 0 Å². The van der Waals surface area contributed by atoms with E-state index < -0.39 is 29.2 Å². The van der Waals surface area contributed by atoms with E-state index >= 15 is 0 Å². The number of thioether (sulfide) groups is 2. The van der Waals surface area contributed by atoms with Crippen LogP contribution in [0, 0.1) is 0 Å². The van der Waals surface area contributed by atoms with Gasteiger partial charge in [-0.3, -0.25) is 14.5 Å². The molecule has 2 aliphatic rings. The maximum absolute atomic E-state index is 13.0. The summed E-state index contributed by atoms with van der Waals surface area (Å²) in [5.74, 6) is -1.78. The third-order valence-corrected chi connectivity index (χ3v) is 9.05. The maximum Gasteiger partial charge on any atom is 0.352 e. The zero-order valence-electron chi connectivity index (χ0n) is 18.4. The van der Waals surface area contributed by atoms with Crippen molar-refractivity contribution in [3.63, 3.8) is 0 Å². The molecule has 4 heterocycles. The van der Waals surface area contributed by atoms with Crippen LogP contribution in [-0.2, 0) is 25.8 Å². The number of anilines is 1. The van der Waals surface area contributed by atoms with E-state index in [1.54, 1.807) is 0 Å². The number of carbonyl (C=O) groups is 3. The van der Waals surface area contributed by atoms with Gasteiger partial charge in [-0.1, -0.05) is 28.3 Å². The predicted molar refractivity (Wildman–Crippen MR) is 136 cm³/mol. The topological polar surface area (TPSA) is 225 Å². The van der Waals surface area contributed by atoms with E-state index in [1.165, 1.54) is 45.1 Å². The van der Waals surface area contributed by atoms with Crippen molar-refractivity contribution in [3.05, 3.63) is 27.4 Å². The number of hydrogen-bond acceptors (Lipinski definition) is 15. The molecule has 2 aliphatic heterocycles. The first-order valence-corrected chi connectivity index (χ1v) is 14.0. The Hall–Kier alpha value is -2.77. The van der Waals surface area contributed by atoms with Gasteiger partial charge in [0.25, 0.3) is 11.8 Å². The molecule has 1 saturated heterocycles. The summed E-state index contributed by atoms with van der Waals surface area (Å²) in [6, 6.07) is -0.947. The van der Waals surface area contributed by atoms with Gasteiger partial charge >= 0.3 is 5.97 Å². The number of fused-ring (bicyclic) bond motifs is 1. The van der Waals surface area contributed by atoms with Crippen LogP contribution in [0.1, 0.15) is 10.7 Å². The van der Waals surface area contributed by atoms with Gasteiger partial charge in [-0.25, -0.2) is 9.78 Å². The van der Waals surface area contributed by atoms with Gasteiger partial charge in [-0.05, 0) is 5.57 Å². The van der Waals surface area contributed by atoms with Gasteiger partial charge < -0.3 is 32.5 Å². The van der Waals surface area contributed by atoms with Crippen molar-refractivity contribution in [2.75, 3.05) is 30.4 Å². The predicted octanol–water partition coefficient (Wildman–Crippen LogP) is -0.754. The van der Waals surface area contributed by atoms with E-state index in [-0.39, 0.29) is 41.9 Å². The average molecular weight is 572 g/mol. The maximum atomic E-state index is 13.0. The fourth-order valence-electron chi connectivity index (χ4n) is 3.30. The van der Waals surface area contributed by atoms with Gasteiger partial charge in [0.05, 0.1) is 0 Å². The number of nitrogens with zero attached hydrogens (tertiary/aromatic N) is 5. The molecule has 18 heteroatoms. The number of aromatic nitrogens is 3. The highest BCUT2D eigenvalue weighted by molar-refractivity contribution is 8.01. The quantitative estimate of drug-likeness (QED) is 0.0736. The summed E-state index contributed by atoms with van der Waals surface area (Å²) in [6.45, 7) is 0.531. The van der Waals surface area contributed by atoms with Crippen molar-refractivity contribution in [3.8, 4) is 0 Å². The molecule has 36 heavy (non-hydrogen) atoms. The summed E-state index contributed by atoms with van der Waals surface area (Å²) in [5.41, 5.74) is 17.1. The Kier molecular flexibility index (Phi) is 8.42. The summed E-state index contributed by atoms with van der Waals surface area (Å²) in [6.07, 6.45) is 0. The number of nitrogens with one attached hydrogen (secondary N) is 1. The minimum absolute atomic E-state index is 0.0726. The molecule has 0 aliphatic carbocycles. The van der Waals surface area contributed by atoms with Gasteiger partial charge in [0.2, 0.25) is 0 Å². The van der Waals surface area contributed by atoms with Crippen molar-refractivity contribution in [2.24, 2.45) is 16.6 Å². The molecule has 2 atom stereocenters. The molecule has 0 bridgehead atoms. The highest BCUT2D eigenvalue weighted by Gasteiger charge is 2.54. The minimum atomic E-state index is -1.22. The van der Waals surface area contributed by atoms with E-state index in [0.29, 0.717) is 26.4 Å². The van der Waals surface area contributed by atoms with Crippen LogP contribution in [0.15, 0.2) is 26.1 Å². The Morgan fingerprint density at radius 3 is 2.81 bits per heavy atom. The lowest BCUT2D eigenvalue weighted by Gasteiger charge is -2.49. The Balaban J connectivity index is 1.47. The second-order valence-electron chi connectivity index (χ2n) is 7.21. The molecule has 0 saturated carbocycles. The molecule has 4 rings (SSSR count). The Labute approximate surface area is 220 Å². The van der Waals surface area contributed by atoms with E-state index in [0.717, 1.165) is 11.3 Å². The molecular formula is C18H21N9O5S4. The Morgan fingerprint density at radius 1 is 1.36 bits per heavy atom. The molecule has 1 unspecified atom stereocenters. The number of carboxylic acid groups (broad SMARTS) is 1. The second-order valence-corrected chi connectivity index (χ2v) is 11.5. The van der Waals surface area contributed by atoms with Crippen LogP contribution in [0.4, 0.5) is 5.13 Å². The lowest BCUT2D eigenvalue weighted by molar-refractivity contribution is -0.150. The second kappa shape index (κ2) is 11.5. The molecule has 2 aromatic rings. The average Bonchev–Trinajstić information content (AvgIpc) is 3.51. The number of thiazole rings is 1. The van der Waals surface area contributed by atoms with Crippen LogP contribution in [-0.4, -0.2) is 84.8 Å². The molecule has 0 radical (unpaired) electrons. The van der Waals surface area contributed by atoms with Gasteiger partial charge in [0.15, 0.2) is 15.2 Å². The standard InChI is InChI=1S/C18H21N9O5S4/c19-1-2-32-26-10(8-6-34-17(21)22-8)13(28)23-11-14(29)27-12(16(30)31)7(4-33-15(11)27)5-35-18-25-24-9(3-20)36-18/h6,11,15H,1-5,19-20H2,(H2,21,22)(H,23,28)(H,30,31)/b26-10-/t11?,15-/m1/s1. The van der Waals surface area contributed by atoms with Crippen molar-refractivity contribution < 1.29 is 24.3 Å². The van der Waals surface area contributed by atoms with Gasteiger partial charge in [-0.15, -0.1) is 33.3 Å². The Bertz CT molecular complexity index is 1230. The molecule has 8 N–H and O–H groups in total. The number of rotatable bonds is 11. The molecule has 14 nitrogen and oxygen atoms in total. The van der Waals surface area contributed by atoms with E-state index in [9.17, 15) is 19.5 Å². The number of carbonyl (C=O) groups excluding carboxylic acids is 2. The molecule has 192 valence electrons. The number of amides is 2. The van der Waals surface area contributed by atoms with Gasteiger partial charge in [0, 0.05) is 30.0 Å². The summed E-state index contributed by atoms with van der Waals surface area (Å²) >= 11 is 5.13. The van der Waals surface area contributed by atoms with Crippen LogP contribution in [0.5, 0.6) is 0 Å². The number of carboxylic acids is 1. The van der Waals surface area contributed by atoms with Gasteiger partial charge in [-0.2, -0.15) is 0 Å². The van der Waals surface area contributed by atoms with Crippen molar-refractivity contribution in [1.29, 1.82) is 0 Å². The van der Waals surface area contributed by atoms with E-state index in [4.69, 9.17) is 22.0 Å². The SMILES string of the molecule is NCCO/N=C(\C(=O)NC1C(=O)N2C(C(=O)O)=C(CSc3nnc(CN)s3)CS[C@H]12)c1csc(N)n1. The zero-order chi connectivity index (χ0) is 25.8. The molecule has 2 aromatic heterocycles. The largest absolute Gasteiger partial charge is 0.477 e. The lowest BCUT2D eigenvalue weighted by atomic mass is 10.0. The number of nitrogen functional groups attached to an aromatic ring is 1. The fraction of sp³-hybridized carbons (Fsp3) is 0.389. The third kappa shape index (κ3) is 5.47. The normalized spacial score (nSPS) is 19.7. The number of nitrogens with two attached hydrogens (primary N) is 3. The monoisotopic (exact) mass is 571 g/mol. The van der Waals surface area contributed by atoms with Crippen LogP contribution in [0.25, 0.3) is 0 Å². The smallest absolute Gasteiger partial charge is 0.352 e. The number of aliphatic carboxylic acids is 1. The molecule has 0 spiro atoms.